The summed E-state index contributed by atoms with van der Waals surface area (Å²) >= 11 is 0. The molecule has 0 aliphatic carbocycles. The van der Waals surface area contributed by atoms with E-state index in [-0.39, 0.29) is 0 Å². The van der Waals surface area contributed by atoms with Crippen molar-refractivity contribution in [3.63, 3.8) is 0 Å². The lowest BCUT2D eigenvalue weighted by Crippen LogP contribution is -2.50. The minimum absolute atomic E-state index is 0.318. The topological polar surface area (TPSA) is 36.4 Å². The highest BCUT2D eigenvalue weighted by atomic mass is 19.3. The molecule has 0 unspecified atom stereocenters. The number of nitrogens with zero attached hydrogens (tertiary/aromatic N) is 3. The number of anilines is 1. The average molecular weight is 255 g/mol. The number of carbonyl (C=O) groups is 1. The number of rotatable bonds is 2. The molecule has 6 heteroatoms. The maximum Gasteiger partial charge on any atom is 0.315 e. The smallest absolute Gasteiger partial charge is 0.315 e. The van der Waals surface area contributed by atoms with E-state index in [9.17, 15) is 13.6 Å². The van der Waals surface area contributed by atoms with Crippen LogP contribution < -0.4 is 4.90 Å². The van der Waals surface area contributed by atoms with Gasteiger partial charge in [0.2, 0.25) is 0 Å². The summed E-state index contributed by atoms with van der Waals surface area (Å²) in [6, 6.07) is 3.85. The number of halogens is 2. The molecule has 1 aromatic rings. The molecule has 0 radical (unpaired) electrons. The Morgan fingerprint density at radius 1 is 1.33 bits per heavy atom. The van der Waals surface area contributed by atoms with Crippen molar-refractivity contribution in [3.05, 3.63) is 23.9 Å². The van der Waals surface area contributed by atoms with Crippen LogP contribution in [-0.2, 0) is 4.79 Å². The monoisotopic (exact) mass is 255 g/mol. The quantitative estimate of drug-likeness (QED) is 0.799. The summed E-state index contributed by atoms with van der Waals surface area (Å²) in [6.45, 7) is 3.68. The van der Waals surface area contributed by atoms with Gasteiger partial charge in [0.05, 0.1) is 0 Å². The van der Waals surface area contributed by atoms with Crippen LogP contribution in [0.4, 0.5) is 14.6 Å². The van der Waals surface area contributed by atoms with E-state index in [2.05, 4.69) is 4.98 Å². The molecule has 0 aromatic carbocycles. The molecule has 1 aromatic heterocycles. The van der Waals surface area contributed by atoms with E-state index in [1.807, 2.05) is 24.0 Å². The van der Waals surface area contributed by atoms with Crippen LogP contribution >= 0.6 is 0 Å². The molecule has 1 amide bonds. The van der Waals surface area contributed by atoms with E-state index >= 15 is 0 Å². The number of amides is 1. The molecule has 0 atom stereocenters. The lowest BCUT2D eigenvalue weighted by Gasteiger charge is -2.35. The number of hydrogen-bond acceptors (Lipinski definition) is 3. The van der Waals surface area contributed by atoms with Crippen molar-refractivity contribution in [3.8, 4) is 0 Å². The van der Waals surface area contributed by atoms with Gasteiger partial charge in [-0.2, -0.15) is 8.78 Å². The highest BCUT2D eigenvalue weighted by molar-refractivity contribution is 5.79. The lowest BCUT2D eigenvalue weighted by molar-refractivity contribution is -0.143. The van der Waals surface area contributed by atoms with Crippen molar-refractivity contribution < 1.29 is 13.6 Å². The number of aromatic nitrogens is 1. The van der Waals surface area contributed by atoms with E-state index in [1.165, 1.54) is 4.90 Å². The predicted octanol–water partition coefficient (Wildman–Crippen LogP) is 1.30. The van der Waals surface area contributed by atoms with Crippen molar-refractivity contribution >= 4 is 11.7 Å². The number of piperazine rings is 1. The Morgan fingerprint density at radius 2 is 2.00 bits per heavy atom. The van der Waals surface area contributed by atoms with E-state index < -0.39 is 12.3 Å². The number of pyridine rings is 1. The van der Waals surface area contributed by atoms with Gasteiger partial charge in [-0.25, -0.2) is 4.98 Å². The van der Waals surface area contributed by atoms with Gasteiger partial charge < -0.3 is 9.80 Å². The van der Waals surface area contributed by atoms with Crippen LogP contribution in [0, 0.1) is 6.92 Å². The first kappa shape index (κ1) is 12.7. The van der Waals surface area contributed by atoms with Gasteiger partial charge in [-0.1, -0.05) is 0 Å². The Kier molecular flexibility index (Phi) is 3.74. The maximum absolute atomic E-state index is 12.3. The zero-order valence-electron chi connectivity index (χ0n) is 10.1. The van der Waals surface area contributed by atoms with Crippen LogP contribution in [0.15, 0.2) is 18.3 Å². The second-order valence-electron chi connectivity index (χ2n) is 4.30. The van der Waals surface area contributed by atoms with Gasteiger partial charge in [-0.15, -0.1) is 0 Å². The van der Waals surface area contributed by atoms with Crippen LogP contribution in [0.25, 0.3) is 0 Å². The summed E-state index contributed by atoms with van der Waals surface area (Å²) in [5.74, 6) is -0.244. The van der Waals surface area contributed by atoms with Crippen LogP contribution in [0.5, 0.6) is 0 Å². The van der Waals surface area contributed by atoms with Crippen molar-refractivity contribution in [2.24, 2.45) is 0 Å². The highest BCUT2D eigenvalue weighted by Crippen LogP contribution is 2.15. The molecule has 4 nitrogen and oxygen atoms in total. The van der Waals surface area contributed by atoms with Crippen molar-refractivity contribution in [2.75, 3.05) is 31.1 Å². The second kappa shape index (κ2) is 5.29. The van der Waals surface area contributed by atoms with E-state index in [1.54, 1.807) is 6.20 Å². The van der Waals surface area contributed by atoms with Crippen molar-refractivity contribution in [2.45, 2.75) is 13.3 Å². The Hall–Kier alpha value is -1.72. The first-order chi connectivity index (χ1) is 8.58. The molecular weight excluding hydrogens is 240 g/mol. The first-order valence-electron chi connectivity index (χ1n) is 5.82. The molecule has 98 valence electrons. The molecule has 1 saturated heterocycles. The molecule has 2 heterocycles. The van der Waals surface area contributed by atoms with Gasteiger partial charge in [0.1, 0.15) is 5.82 Å². The van der Waals surface area contributed by atoms with Crippen LogP contribution in [0.2, 0.25) is 0 Å². The van der Waals surface area contributed by atoms with Gasteiger partial charge in [0, 0.05) is 32.4 Å². The molecule has 1 fully saturated rings. The molecule has 0 bridgehead atoms. The zero-order valence-corrected chi connectivity index (χ0v) is 10.1. The summed E-state index contributed by atoms with van der Waals surface area (Å²) < 4.78 is 24.5. The summed E-state index contributed by atoms with van der Waals surface area (Å²) in [5.41, 5.74) is 1.10. The average Bonchev–Trinajstić information content (AvgIpc) is 2.38. The van der Waals surface area contributed by atoms with Crippen LogP contribution in [0.1, 0.15) is 5.56 Å². The highest BCUT2D eigenvalue weighted by Gasteiger charge is 2.27. The second-order valence-corrected chi connectivity index (χ2v) is 4.30. The molecule has 0 N–H and O–H groups in total. The molecule has 0 saturated carbocycles. The number of alkyl halides is 2. The number of aryl methyl sites for hydroxylation is 1. The molecule has 2 rings (SSSR count). The third kappa shape index (κ3) is 2.75. The van der Waals surface area contributed by atoms with Gasteiger partial charge in [0.25, 0.3) is 5.91 Å². The van der Waals surface area contributed by atoms with Crippen molar-refractivity contribution in [1.82, 2.24) is 9.88 Å². The van der Waals surface area contributed by atoms with Crippen LogP contribution in [0.3, 0.4) is 0 Å². The predicted molar refractivity (Wildman–Crippen MR) is 63.8 cm³/mol. The summed E-state index contributed by atoms with van der Waals surface area (Å²) in [6.07, 6.45) is -1.19. The van der Waals surface area contributed by atoms with Gasteiger partial charge >= 0.3 is 6.43 Å². The third-order valence-electron chi connectivity index (χ3n) is 3.00. The standard InChI is InChI=1S/C12H15F2N3O/c1-9-2-3-15-10(8-9)16-4-6-17(7-5-16)12(18)11(13)14/h2-3,8,11H,4-7H2,1H3. The van der Waals surface area contributed by atoms with Crippen molar-refractivity contribution in [1.29, 1.82) is 0 Å². The SMILES string of the molecule is Cc1ccnc(N2CCN(C(=O)C(F)F)CC2)c1. The lowest BCUT2D eigenvalue weighted by atomic mass is 10.2. The molecular formula is C12H15F2N3O. The Morgan fingerprint density at radius 3 is 2.56 bits per heavy atom. The molecule has 1 aliphatic rings. The number of hydrogen-bond donors (Lipinski definition) is 0. The summed E-state index contributed by atoms with van der Waals surface area (Å²) in [5, 5.41) is 0. The molecule has 1 aliphatic heterocycles. The summed E-state index contributed by atoms with van der Waals surface area (Å²) in [4.78, 5) is 18.6. The molecule has 18 heavy (non-hydrogen) atoms. The van der Waals surface area contributed by atoms with Gasteiger partial charge in [-0.3, -0.25) is 4.79 Å². The fraction of sp³-hybridized carbons (Fsp3) is 0.500. The summed E-state index contributed by atoms with van der Waals surface area (Å²) in [7, 11) is 0. The third-order valence-corrected chi connectivity index (χ3v) is 3.00. The minimum Gasteiger partial charge on any atom is -0.353 e. The fourth-order valence-electron chi connectivity index (χ4n) is 1.99. The Bertz CT molecular complexity index is 431. The largest absolute Gasteiger partial charge is 0.353 e. The van der Waals surface area contributed by atoms with E-state index in [4.69, 9.17) is 0 Å². The van der Waals surface area contributed by atoms with E-state index in [0.717, 1.165) is 11.4 Å². The Labute approximate surface area is 104 Å². The van der Waals surface area contributed by atoms with Gasteiger partial charge in [-0.05, 0) is 24.6 Å². The van der Waals surface area contributed by atoms with Gasteiger partial charge in [0.15, 0.2) is 0 Å². The zero-order chi connectivity index (χ0) is 13.1. The maximum atomic E-state index is 12.3. The fourth-order valence-corrected chi connectivity index (χ4v) is 1.99. The van der Waals surface area contributed by atoms with Crippen LogP contribution in [-0.4, -0.2) is 48.4 Å². The normalized spacial score (nSPS) is 16.2. The molecule has 0 spiro atoms. The first-order valence-corrected chi connectivity index (χ1v) is 5.82. The minimum atomic E-state index is -2.91. The van der Waals surface area contributed by atoms with E-state index in [0.29, 0.717) is 26.2 Å². The number of carbonyl (C=O) groups excluding carboxylic acids is 1. The Balaban J connectivity index is 1.96.